The molecule has 0 aromatic heterocycles. The Bertz CT molecular complexity index is 467. The highest BCUT2D eigenvalue weighted by molar-refractivity contribution is 7.99. The molecule has 0 bridgehead atoms. The van der Waals surface area contributed by atoms with Crippen LogP contribution in [0.5, 0.6) is 0 Å². The molecule has 2 rings (SSSR count). The van der Waals surface area contributed by atoms with Gasteiger partial charge in [0.15, 0.2) is 0 Å². The van der Waals surface area contributed by atoms with E-state index < -0.39 is 0 Å². The van der Waals surface area contributed by atoms with Gasteiger partial charge >= 0.3 is 0 Å². The third-order valence-corrected chi connectivity index (χ3v) is 5.30. The van der Waals surface area contributed by atoms with Crippen LogP contribution in [0, 0.1) is 12.3 Å². The number of hydrogen-bond acceptors (Lipinski definition) is 3. The third-order valence-electron chi connectivity index (χ3n) is 3.67. The highest BCUT2D eigenvalue weighted by atomic mass is 32.2. The summed E-state index contributed by atoms with van der Waals surface area (Å²) in [5, 5.41) is 3.29. The summed E-state index contributed by atoms with van der Waals surface area (Å²) in [5.41, 5.74) is 0.965. The van der Waals surface area contributed by atoms with E-state index in [1.165, 1.54) is 10.5 Å². The Morgan fingerprint density at radius 1 is 1.30 bits per heavy atom. The summed E-state index contributed by atoms with van der Waals surface area (Å²) in [7, 11) is 0. The second-order valence-electron chi connectivity index (χ2n) is 5.98. The maximum Gasteiger partial charge on any atom is 0.229 e. The molecule has 1 saturated heterocycles. The largest absolute Gasteiger partial charge is 0.340 e. The van der Waals surface area contributed by atoms with Crippen LogP contribution in [0.4, 0.5) is 0 Å². The van der Waals surface area contributed by atoms with Crippen LogP contribution in [-0.4, -0.2) is 42.7 Å². The van der Waals surface area contributed by atoms with Crippen LogP contribution in [-0.2, 0) is 4.79 Å². The molecule has 0 aliphatic carbocycles. The first-order chi connectivity index (χ1) is 9.50. The minimum absolute atomic E-state index is 0.278. The minimum Gasteiger partial charge on any atom is -0.340 e. The summed E-state index contributed by atoms with van der Waals surface area (Å²) >= 11 is 1.78. The molecule has 1 amide bonds. The summed E-state index contributed by atoms with van der Waals surface area (Å²) in [4.78, 5) is 15.9. The van der Waals surface area contributed by atoms with E-state index in [1.807, 2.05) is 4.90 Å². The van der Waals surface area contributed by atoms with Gasteiger partial charge in [-0.05, 0) is 18.6 Å². The Morgan fingerprint density at radius 3 is 2.60 bits per heavy atom. The second-order valence-corrected chi connectivity index (χ2v) is 7.00. The summed E-state index contributed by atoms with van der Waals surface area (Å²) in [6.07, 6.45) is 0. The molecule has 0 radical (unpaired) electrons. The Kier molecular flexibility index (Phi) is 5.11. The molecule has 1 fully saturated rings. The minimum atomic E-state index is -0.315. The predicted octanol–water partition coefficient (Wildman–Crippen LogP) is 2.55. The molecule has 0 unspecified atom stereocenters. The molecule has 110 valence electrons. The van der Waals surface area contributed by atoms with Gasteiger partial charge in [0.2, 0.25) is 5.91 Å². The molecule has 1 aromatic rings. The number of thioether (sulfide) groups is 1. The molecule has 0 saturated carbocycles. The number of hydrogen-bond donors (Lipinski definition) is 1. The molecule has 1 N–H and O–H groups in total. The summed E-state index contributed by atoms with van der Waals surface area (Å²) in [6.45, 7) is 9.72. The Labute approximate surface area is 126 Å². The lowest BCUT2D eigenvalue weighted by molar-refractivity contribution is -0.139. The van der Waals surface area contributed by atoms with Crippen molar-refractivity contribution in [1.82, 2.24) is 10.2 Å². The highest BCUT2D eigenvalue weighted by Gasteiger charge is 2.32. The zero-order valence-electron chi connectivity index (χ0n) is 12.6. The van der Waals surface area contributed by atoms with Gasteiger partial charge < -0.3 is 10.2 Å². The van der Waals surface area contributed by atoms with E-state index in [0.717, 1.165) is 31.9 Å². The van der Waals surface area contributed by atoms with Crippen molar-refractivity contribution in [1.29, 1.82) is 0 Å². The van der Waals surface area contributed by atoms with E-state index in [-0.39, 0.29) is 11.3 Å². The Morgan fingerprint density at radius 2 is 1.95 bits per heavy atom. The van der Waals surface area contributed by atoms with Crippen molar-refractivity contribution >= 4 is 17.7 Å². The van der Waals surface area contributed by atoms with E-state index in [4.69, 9.17) is 0 Å². The fourth-order valence-electron chi connectivity index (χ4n) is 2.33. The van der Waals surface area contributed by atoms with E-state index in [0.29, 0.717) is 0 Å². The number of benzene rings is 1. The molecular weight excluding hydrogens is 268 g/mol. The van der Waals surface area contributed by atoms with Gasteiger partial charge in [0.05, 0.1) is 5.41 Å². The zero-order valence-corrected chi connectivity index (χ0v) is 13.4. The highest BCUT2D eigenvalue weighted by Crippen LogP contribution is 2.31. The van der Waals surface area contributed by atoms with Crippen LogP contribution in [0.25, 0.3) is 0 Å². The molecule has 20 heavy (non-hydrogen) atoms. The standard InChI is InChI=1S/C16H24N2OS/c1-13-6-4-5-7-14(13)20-12-16(2,3)15(19)18-10-8-17-9-11-18/h4-7,17H,8-12H2,1-3H3. The normalized spacial score (nSPS) is 16.2. The number of nitrogens with one attached hydrogen (secondary N) is 1. The van der Waals surface area contributed by atoms with Crippen LogP contribution in [0.3, 0.4) is 0 Å². The maximum absolute atomic E-state index is 12.6. The Balaban J connectivity index is 1.96. The first-order valence-electron chi connectivity index (χ1n) is 7.19. The lowest BCUT2D eigenvalue weighted by Gasteiger charge is -2.34. The van der Waals surface area contributed by atoms with Crippen molar-refractivity contribution < 1.29 is 4.79 Å². The van der Waals surface area contributed by atoms with Crippen molar-refractivity contribution in [3.05, 3.63) is 29.8 Å². The van der Waals surface area contributed by atoms with Crippen molar-refractivity contribution in [3.63, 3.8) is 0 Å². The van der Waals surface area contributed by atoms with Gasteiger partial charge in [-0.3, -0.25) is 4.79 Å². The third kappa shape index (κ3) is 3.76. The lowest BCUT2D eigenvalue weighted by atomic mass is 9.94. The fourth-order valence-corrected chi connectivity index (χ4v) is 3.44. The van der Waals surface area contributed by atoms with Gasteiger partial charge in [0.1, 0.15) is 0 Å². The van der Waals surface area contributed by atoms with Crippen LogP contribution >= 0.6 is 11.8 Å². The van der Waals surface area contributed by atoms with Gasteiger partial charge in [-0.15, -0.1) is 11.8 Å². The Hall–Kier alpha value is -1.00. The smallest absolute Gasteiger partial charge is 0.229 e. The molecule has 0 spiro atoms. The van der Waals surface area contributed by atoms with Crippen molar-refractivity contribution in [2.24, 2.45) is 5.41 Å². The van der Waals surface area contributed by atoms with E-state index in [9.17, 15) is 4.79 Å². The number of carbonyl (C=O) groups is 1. The van der Waals surface area contributed by atoms with Crippen LogP contribution < -0.4 is 5.32 Å². The van der Waals surface area contributed by atoms with Gasteiger partial charge in [-0.1, -0.05) is 32.0 Å². The number of nitrogens with zero attached hydrogens (tertiary/aromatic N) is 1. The molecule has 1 aliphatic heterocycles. The van der Waals surface area contributed by atoms with Crippen molar-refractivity contribution in [2.75, 3.05) is 31.9 Å². The first kappa shape index (κ1) is 15.4. The molecule has 1 aromatic carbocycles. The van der Waals surface area contributed by atoms with Gasteiger partial charge in [0, 0.05) is 36.8 Å². The number of rotatable bonds is 4. The lowest BCUT2D eigenvalue weighted by Crippen LogP contribution is -2.51. The molecule has 4 heteroatoms. The summed E-state index contributed by atoms with van der Waals surface area (Å²) in [5.74, 6) is 1.10. The maximum atomic E-state index is 12.6. The van der Waals surface area contributed by atoms with Crippen molar-refractivity contribution in [2.45, 2.75) is 25.7 Å². The average molecular weight is 292 g/mol. The van der Waals surface area contributed by atoms with E-state index >= 15 is 0 Å². The zero-order chi connectivity index (χ0) is 14.6. The number of carbonyl (C=O) groups excluding carboxylic acids is 1. The van der Waals surface area contributed by atoms with Gasteiger partial charge in [0.25, 0.3) is 0 Å². The van der Waals surface area contributed by atoms with Gasteiger partial charge in [-0.25, -0.2) is 0 Å². The van der Waals surface area contributed by atoms with E-state index in [2.05, 4.69) is 50.4 Å². The molecule has 3 nitrogen and oxygen atoms in total. The molecule has 0 atom stereocenters. The van der Waals surface area contributed by atoms with Crippen LogP contribution in [0.15, 0.2) is 29.2 Å². The fraction of sp³-hybridized carbons (Fsp3) is 0.562. The number of piperazine rings is 1. The monoisotopic (exact) mass is 292 g/mol. The molecular formula is C16H24N2OS. The predicted molar refractivity (Wildman–Crippen MR) is 85.1 cm³/mol. The average Bonchev–Trinajstić information content (AvgIpc) is 2.46. The van der Waals surface area contributed by atoms with Crippen molar-refractivity contribution in [3.8, 4) is 0 Å². The molecule has 1 aliphatic rings. The van der Waals surface area contributed by atoms with Crippen LogP contribution in [0.1, 0.15) is 19.4 Å². The SMILES string of the molecule is Cc1ccccc1SCC(C)(C)C(=O)N1CCNCC1. The molecule has 1 heterocycles. The van der Waals surface area contributed by atoms with Gasteiger partial charge in [-0.2, -0.15) is 0 Å². The summed E-state index contributed by atoms with van der Waals surface area (Å²) in [6, 6.07) is 8.36. The first-order valence-corrected chi connectivity index (χ1v) is 8.18. The topological polar surface area (TPSA) is 32.3 Å². The van der Waals surface area contributed by atoms with Crippen LogP contribution in [0.2, 0.25) is 0 Å². The second kappa shape index (κ2) is 6.64. The number of amides is 1. The summed E-state index contributed by atoms with van der Waals surface area (Å²) < 4.78 is 0. The quantitative estimate of drug-likeness (QED) is 0.866. The van der Waals surface area contributed by atoms with E-state index in [1.54, 1.807) is 11.8 Å². The number of aryl methyl sites for hydroxylation is 1.